The minimum atomic E-state index is -0.940. The zero-order valence-electron chi connectivity index (χ0n) is 13.5. The van der Waals surface area contributed by atoms with E-state index in [0.717, 1.165) is 32.5 Å². The first-order chi connectivity index (χ1) is 12.2. The van der Waals surface area contributed by atoms with Crippen molar-refractivity contribution < 1.29 is 14.6 Å². The summed E-state index contributed by atoms with van der Waals surface area (Å²) in [6, 6.07) is 15.1. The number of carboxylic acid groups (broad SMARTS) is 1. The smallest absolute Gasteiger partial charge is 0.335 e. The Morgan fingerprint density at radius 1 is 1.16 bits per heavy atom. The molecule has 2 aromatic carbocycles. The molecule has 0 unspecified atom stereocenters. The monoisotopic (exact) mass is 349 g/mol. The lowest BCUT2D eigenvalue weighted by Crippen LogP contribution is -1.98. The zero-order chi connectivity index (χ0) is 17.4. The Kier molecular flexibility index (Phi) is 3.86. The number of ether oxygens (including phenoxy) is 1. The van der Waals surface area contributed by atoms with Crippen LogP contribution >= 0.6 is 11.3 Å². The Morgan fingerprint density at radius 3 is 2.84 bits per heavy atom. The second-order valence-electron chi connectivity index (χ2n) is 5.79. The summed E-state index contributed by atoms with van der Waals surface area (Å²) in [5.74, 6) is -0.127. The van der Waals surface area contributed by atoms with Crippen molar-refractivity contribution in [2.75, 3.05) is 7.11 Å². The number of benzene rings is 2. The van der Waals surface area contributed by atoms with Gasteiger partial charge in [-0.2, -0.15) is 0 Å². The molecule has 0 saturated heterocycles. The Bertz CT molecular complexity index is 1100. The first-order valence-corrected chi connectivity index (χ1v) is 8.70. The van der Waals surface area contributed by atoms with Gasteiger partial charge in [0.05, 0.1) is 23.9 Å². The lowest BCUT2D eigenvalue weighted by molar-refractivity contribution is 0.0697. The molecule has 0 saturated carbocycles. The molecule has 0 amide bonds. The molecular weight excluding hydrogens is 334 g/mol. The molecule has 0 atom stereocenters. The van der Waals surface area contributed by atoms with E-state index in [-0.39, 0.29) is 5.56 Å². The van der Waals surface area contributed by atoms with Gasteiger partial charge in [-0.15, -0.1) is 11.3 Å². The molecule has 0 fully saturated rings. The van der Waals surface area contributed by atoms with Gasteiger partial charge in [0.1, 0.15) is 5.75 Å². The summed E-state index contributed by atoms with van der Waals surface area (Å²) in [4.78, 5) is 16.0. The van der Waals surface area contributed by atoms with E-state index in [4.69, 9.17) is 9.72 Å². The van der Waals surface area contributed by atoms with E-state index < -0.39 is 5.97 Å². The lowest BCUT2D eigenvalue weighted by atomic mass is 10.0. The summed E-state index contributed by atoms with van der Waals surface area (Å²) >= 11 is 1.65. The summed E-state index contributed by atoms with van der Waals surface area (Å²) in [6.45, 7) is 0. The average Bonchev–Trinajstić information content (AvgIpc) is 3.12. The van der Waals surface area contributed by atoms with Crippen molar-refractivity contribution in [2.24, 2.45) is 0 Å². The highest BCUT2D eigenvalue weighted by Gasteiger charge is 2.12. The highest BCUT2D eigenvalue weighted by molar-refractivity contribution is 7.18. The zero-order valence-corrected chi connectivity index (χ0v) is 14.3. The molecule has 25 heavy (non-hydrogen) atoms. The number of aromatic nitrogens is 1. The van der Waals surface area contributed by atoms with Crippen LogP contribution < -0.4 is 4.74 Å². The molecule has 0 spiro atoms. The average molecular weight is 349 g/mol. The maximum absolute atomic E-state index is 11.3. The van der Waals surface area contributed by atoms with Gasteiger partial charge in [-0.1, -0.05) is 18.2 Å². The van der Waals surface area contributed by atoms with Crippen LogP contribution in [-0.4, -0.2) is 23.2 Å². The summed E-state index contributed by atoms with van der Waals surface area (Å²) in [6.07, 6.45) is 0.664. The van der Waals surface area contributed by atoms with E-state index in [2.05, 4.69) is 6.07 Å². The number of nitrogens with zero attached hydrogens (tertiary/aromatic N) is 1. The number of pyridine rings is 1. The van der Waals surface area contributed by atoms with Gasteiger partial charge < -0.3 is 9.84 Å². The molecule has 124 valence electrons. The minimum absolute atomic E-state index is 0.253. The Balaban J connectivity index is 1.88. The van der Waals surface area contributed by atoms with Crippen LogP contribution in [0.15, 0.2) is 53.9 Å². The summed E-state index contributed by atoms with van der Waals surface area (Å²) < 4.78 is 6.43. The number of rotatable bonds is 4. The third kappa shape index (κ3) is 2.83. The molecule has 5 heteroatoms. The van der Waals surface area contributed by atoms with Gasteiger partial charge in [0.15, 0.2) is 0 Å². The summed E-state index contributed by atoms with van der Waals surface area (Å²) in [5, 5.41) is 13.4. The third-order valence-corrected chi connectivity index (χ3v) is 5.17. The molecule has 2 heterocycles. The molecule has 4 nitrogen and oxygen atoms in total. The van der Waals surface area contributed by atoms with Crippen molar-refractivity contribution >= 4 is 38.3 Å². The predicted molar refractivity (Wildman–Crippen MR) is 99.9 cm³/mol. The second-order valence-corrected chi connectivity index (χ2v) is 6.70. The predicted octanol–water partition coefficient (Wildman–Crippen LogP) is 4.75. The Labute approximate surface area is 148 Å². The number of thiophene rings is 1. The number of carboxylic acids is 1. The number of carbonyl (C=O) groups is 1. The van der Waals surface area contributed by atoms with Crippen molar-refractivity contribution in [2.45, 2.75) is 6.42 Å². The van der Waals surface area contributed by atoms with Crippen molar-refractivity contribution in [1.82, 2.24) is 4.98 Å². The first kappa shape index (κ1) is 15.6. The van der Waals surface area contributed by atoms with Gasteiger partial charge in [0.2, 0.25) is 0 Å². The van der Waals surface area contributed by atoms with Crippen LogP contribution in [0, 0.1) is 0 Å². The van der Waals surface area contributed by atoms with E-state index in [1.807, 2.05) is 35.7 Å². The summed E-state index contributed by atoms with van der Waals surface area (Å²) in [5.41, 5.74) is 3.02. The maximum Gasteiger partial charge on any atom is 0.335 e. The van der Waals surface area contributed by atoms with Gasteiger partial charge in [-0.25, -0.2) is 4.79 Å². The molecule has 4 rings (SSSR count). The van der Waals surface area contributed by atoms with Crippen molar-refractivity contribution in [1.29, 1.82) is 0 Å². The number of hydrogen-bond acceptors (Lipinski definition) is 4. The lowest BCUT2D eigenvalue weighted by Gasteiger charge is -2.08. The molecule has 0 bridgehead atoms. The fourth-order valence-corrected chi connectivity index (χ4v) is 3.96. The van der Waals surface area contributed by atoms with Crippen molar-refractivity contribution in [3.63, 3.8) is 0 Å². The molecule has 1 N–H and O–H groups in total. The van der Waals surface area contributed by atoms with E-state index >= 15 is 0 Å². The highest BCUT2D eigenvalue weighted by Crippen LogP contribution is 2.32. The molecule has 2 aromatic heterocycles. The van der Waals surface area contributed by atoms with Gasteiger partial charge in [0.25, 0.3) is 0 Å². The van der Waals surface area contributed by atoms with Crippen LogP contribution in [0.25, 0.3) is 21.0 Å². The first-order valence-electron chi connectivity index (χ1n) is 7.82. The van der Waals surface area contributed by atoms with E-state index in [9.17, 15) is 9.90 Å². The topological polar surface area (TPSA) is 59.4 Å². The van der Waals surface area contributed by atoms with Gasteiger partial charge in [0, 0.05) is 21.9 Å². The molecule has 0 radical (unpaired) electrons. The quantitative estimate of drug-likeness (QED) is 0.578. The molecule has 0 aliphatic carbocycles. The molecule has 0 aliphatic rings. The Morgan fingerprint density at radius 2 is 2.04 bits per heavy atom. The number of hydrogen-bond donors (Lipinski definition) is 1. The van der Waals surface area contributed by atoms with Crippen molar-refractivity contribution in [3.8, 4) is 5.75 Å². The fourth-order valence-electron chi connectivity index (χ4n) is 3.01. The normalized spacial score (nSPS) is 11.1. The number of aromatic carboxylic acids is 1. The number of methoxy groups -OCH3 is 1. The van der Waals surface area contributed by atoms with Gasteiger partial charge in [-0.3, -0.25) is 4.98 Å². The van der Waals surface area contributed by atoms with Crippen LogP contribution in [0.2, 0.25) is 0 Å². The molecular formula is C20H15NO3S. The standard InChI is InChI=1S/C20H15NO3S/c1-24-14-4-2-3-12(9-14)10-17-16-7-8-25-19(16)15-6-5-13(20(22)23)11-18(15)21-17/h2-9,11H,10H2,1H3,(H,22,23). The van der Waals surface area contributed by atoms with Crippen LogP contribution in [0.5, 0.6) is 5.75 Å². The van der Waals surface area contributed by atoms with E-state index in [1.54, 1.807) is 30.6 Å². The molecule has 4 aromatic rings. The van der Waals surface area contributed by atoms with Crippen LogP contribution in [0.3, 0.4) is 0 Å². The summed E-state index contributed by atoms with van der Waals surface area (Å²) in [7, 11) is 1.65. The fraction of sp³-hybridized carbons (Fsp3) is 0.100. The molecule has 0 aliphatic heterocycles. The largest absolute Gasteiger partial charge is 0.497 e. The maximum atomic E-state index is 11.3. The van der Waals surface area contributed by atoms with Crippen LogP contribution in [0.4, 0.5) is 0 Å². The SMILES string of the molecule is COc1cccc(Cc2nc3cc(C(=O)O)ccc3c3sccc23)c1. The number of fused-ring (bicyclic) bond motifs is 3. The van der Waals surface area contributed by atoms with Crippen LogP contribution in [0.1, 0.15) is 21.6 Å². The van der Waals surface area contributed by atoms with Gasteiger partial charge in [-0.05, 0) is 41.3 Å². The Hall–Kier alpha value is -2.92. The minimum Gasteiger partial charge on any atom is -0.497 e. The van der Waals surface area contributed by atoms with E-state index in [1.165, 1.54) is 0 Å². The second kappa shape index (κ2) is 6.18. The highest BCUT2D eigenvalue weighted by atomic mass is 32.1. The third-order valence-electron chi connectivity index (χ3n) is 4.23. The van der Waals surface area contributed by atoms with Crippen LogP contribution in [-0.2, 0) is 6.42 Å². The van der Waals surface area contributed by atoms with Crippen molar-refractivity contribution in [3.05, 3.63) is 70.7 Å². The van der Waals surface area contributed by atoms with E-state index in [0.29, 0.717) is 11.9 Å². The van der Waals surface area contributed by atoms with Gasteiger partial charge >= 0.3 is 5.97 Å².